The Balaban J connectivity index is 2.69. The summed E-state index contributed by atoms with van der Waals surface area (Å²) in [6.07, 6.45) is 2.52. The molecule has 98 valence electrons. The van der Waals surface area contributed by atoms with Gasteiger partial charge in [0.15, 0.2) is 0 Å². The number of aromatic nitrogens is 1. The van der Waals surface area contributed by atoms with Gasteiger partial charge in [-0.05, 0) is 33.8 Å². The highest BCUT2D eigenvalue weighted by atomic mass is 16.6. The Morgan fingerprint density at radius 3 is 2.44 bits per heavy atom. The maximum Gasteiger partial charge on any atom is 0.564 e. The molecule has 0 bridgehead atoms. The molecule has 0 fully saturated rings. The van der Waals surface area contributed by atoms with Crippen LogP contribution in [0.1, 0.15) is 27.7 Å². The van der Waals surface area contributed by atoms with E-state index in [9.17, 15) is 9.82 Å². The fourth-order valence-corrected chi connectivity index (χ4v) is 1.76. The van der Waals surface area contributed by atoms with Gasteiger partial charge in [0.2, 0.25) is 0 Å². The van der Waals surface area contributed by atoms with Crippen LogP contribution in [0.15, 0.2) is 24.5 Å². The second-order valence-electron chi connectivity index (χ2n) is 4.62. The topological polar surface area (TPSA) is 62.7 Å². The van der Waals surface area contributed by atoms with Crippen LogP contribution in [0.5, 0.6) is 0 Å². The zero-order valence-corrected chi connectivity index (χ0v) is 11.2. The minimum absolute atomic E-state index is 0.0126. The molecule has 1 amide bonds. The lowest BCUT2D eigenvalue weighted by atomic mass is 9.81. The lowest BCUT2D eigenvalue weighted by Gasteiger charge is -2.30. The van der Waals surface area contributed by atoms with Crippen molar-refractivity contribution in [2.24, 2.45) is 0 Å². The normalized spacial score (nSPS) is 10.6. The minimum Gasteiger partial charge on any atom is -0.489 e. The van der Waals surface area contributed by atoms with Crippen LogP contribution >= 0.6 is 0 Å². The highest BCUT2D eigenvalue weighted by Gasteiger charge is 2.28. The molecule has 0 aliphatic heterocycles. The predicted molar refractivity (Wildman–Crippen MR) is 70.4 cm³/mol. The number of hydrogen-bond donors (Lipinski definition) is 1. The third kappa shape index (κ3) is 3.73. The van der Waals surface area contributed by atoms with Crippen molar-refractivity contribution in [3.8, 4) is 0 Å². The summed E-state index contributed by atoms with van der Waals surface area (Å²) in [5.41, 5.74) is 0.457. The van der Waals surface area contributed by atoms with Crippen LogP contribution < -0.4 is 5.46 Å². The Morgan fingerprint density at radius 1 is 1.39 bits per heavy atom. The van der Waals surface area contributed by atoms with Crippen molar-refractivity contribution in [3.63, 3.8) is 0 Å². The van der Waals surface area contributed by atoms with E-state index in [1.807, 2.05) is 27.7 Å². The summed E-state index contributed by atoms with van der Waals surface area (Å²) in [7, 11) is -1.29. The van der Waals surface area contributed by atoms with Crippen molar-refractivity contribution in [2.75, 3.05) is 0 Å². The highest BCUT2D eigenvalue weighted by Crippen LogP contribution is 2.07. The molecule has 1 heterocycles. The minimum atomic E-state index is -1.29. The number of carbonyl (C=O) groups excluding carboxylic acids is 1. The molecule has 0 unspecified atom stereocenters. The molecule has 0 saturated carbocycles. The van der Waals surface area contributed by atoms with E-state index >= 15 is 0 Å². The number of nitrogens with zero attached hydrogens (tertiary/aromatic N) is 2. The van der Waals surface area contributed by atoms with Crippen LogP contribution in [0, 0.1) is 0 Å². The van der Waals surface area contributed by atoms with Gasteiger partial charge in [-0.1, -0.05) is 6.07 Å². The predicted octanol–water partition coefficient (Wildman–Crippen LogP) is 1.02. The van der Waals surface area contributed by atoms with E-state index in [1.54, 1.807) is 23.2 Å². The third-order valence-electron chi connectivity index (χ3n) is 2.51. The molecule has 0 aliphatic carbocycles. The molecular weight excluding hydrogens is 231 g/mol. The molecule has 0 atom stereocenters. The third-order valence-corrected chi connectivity index (χ3v) is 2.51. The summed E-state index contributed by atoms with van der Waals surface area (Å²) in [6, 6.07) is 3.35. The molecule has 0 spiro atoms. The van der Waals surface area contributed by atoms with E-state index < -0.39 is 13.2 Å². The highest BCUT2D eigenvalue weighted by molar-refractivity contribution is 6.61. The van der Waals surface area contributed by atoms with Gasteiger partial charge in [-0.25, -0.2) is 4.79 Å². The van der Waals surface area contributed by atoms with Crippen molar-refractivity contribution < 1.29 is 14.5 Å². The first kappa shape index (κ1) is 14.5. The van der Waals surface area contributed by atoms with E-state index in [2.05, 4.69) is 4.98 Å². The van der Waals surface area contributed by atoms with Crippen molar-refractivity contribution in [1.29, 1.82) is 0 Å². The average Bonchev–Trinajstić information content (AvgIpc) is 2.28. The van der Waals surface area contributed by atoms with E-state index in [1.165, 1.54) is 6.20 Å². The van der Waals surface area contributed by atoms with Gasteiger partial charge in [0.1, 0.15) is 0 Å². The van der Waals surface area contributed by atoms with Gasteiger partial charge in [0.05, 0.1) is 0 Å². The van der Waals surface area contributed by atoms with Gasteiger partial charge in [0, 0.05) is 29.9 Å². The fourth-order valence-electron chi connectivity index (χ4n) is 1.76. The molecule has 1 aromatic heterocycles. The Hall–Kier alpha value is -1.56. The van der Waals surface area contributed by atoms with E-state index in [-0.39, 0.29) is 12.1 Å². The van der Waals surface area contributed by atoms with Crippen molar-refractivity contribution >= 4 is 18.7 Å². The molecule has 0 radical (unpaired) electrons. The number of rotatable bonds is 4. The van der Waals surface area contributed by atoms with Crippen LogP contribution in [0.4, 0.5) is 4.79 Å². The summed E-state index contributed by atoms with van der Waals surface area (Å²) < 4.78 is 5.02. The maximum absolute atomic E-state index is 11.9. The van der Waals surface area contributed by atoms with Crippen LogP contribution in [0.3, 0.4) is 0 Å². The summed E-state index contributed by atoms with van der Waals surface area (Å²) in [4.78, 5) is 17.4. The molecular formula is C12H19BN2O3. The smallest absolute Gasteiger partial charge is 0.489 e. The summed E-state index contributed by atoms with van der Waals surface area (Å²) in [5, 5.41) is 9.79. The molecule has 6 heteroatoms. The monoisotopic (exact) mass is 250 g/mol. The largest absolute Gasteiger partial charge is 0.564 e. The lowest BCUT2D eigenvalue weighted by Crippen LogP contribution is -2.47. The molecule has 0 saturated heterocycles. The number of hydrogen-bond acceptors (Lipinski definition) is 4. The molecule has 5 nitrogen and oxygen atoms in total. The summed E-state index contributed by atoms with van der Waals surface area (Å²) in [5.74, 6) is 0. The van der Waals surface area contributed by atoms with Gasteiger partial charge in [-0.15, -0.1) is 0 Å². The van der Waals surface area contributed by atoms with Crippen LogP contribution in [-0.4, -0.2) is 40.2 Å². The van der Waals surface area contributed by atoms with Gasteiger partial charge < -0.3 is 14.6 Å². The second kappa shape index (κ2) is 6.40. The van der Waals surface area contributed by atoms with Crippen molar-refractivity contribution in [2.45, 2.75) is 39.8 Å². The molecule has 0 aliphatic rings. The van der Waals surface area contributed by atoms with Crippen molar-refractivity contribution in [1.82, 2.24) is 9.88 Å². The van der Waals surface area contributed by atoms with E-state index in [0.717, 1.165) is 0 Å². The molecule has 1 aromatic rings. The first-order chi connectivity index (χ1) is 8.43. The fraction of sp³-hybridized carbons (Fsp3) is 0.500. The Kier molecular flexibility index (Phi) is 5.16. The summed E-state index contributed by atoms with van der Waals surface area (Å²) in [6.45, 7) is 7.60. The Bertz CT molecular complexity index is 376. The lowest BCUT2D eigenvalue weighted by molar-refractivity contribution is 0.117. The summed E-state index contributed by atoms with van der Waals surface area (Å²) >= 11 is 0. The Morgan fingerprint density at radius 2 is 2.00 bits per heavy atom. The van der Waals surface area contributed by atoms with E-state index in [0.29, 0.717) is 5.46 Å². The maximum atomic E-state index is 11.9. The second-order valence-corrected chi connectivity index (χ2v) is 4.62. The molecule has 0 aromatic carbocycles. The molecule has 1 rings (SSSR count). The van der Waals surface area contributed by atoms with E-state index in [4.69, 9.17) is 4.65 Å². The van der Waals surface area contributed by atoms with Crippen LogP contribution in [-0.2, 0) is 4.65 Å². The standard InChI is InChI=1S/C12H19BN2O3/c1-9(2)15(10(3)4)12(16)18-13(17)11-6-5-7-14-8-11/h5-10,17H,1-4H3. The van der Waals surface area contributed by atoms with Gasteiger partial charge in [-0.3, -0.25) is 4.98 Å². The van der Waals surface area contributed by atoms with Crippen LogP contribution in [0.25, 0.3) is 0 Å². The van der Waals surface area contributed by atoms with Gasteiger partial charge in [0.25, 0.3) is 0 Å². The van der Waals surface area contributed by atoms with Crippen LogP contribution in [0.2, 0.25) is 0 Å². The first-order valence-corrected chi connectivity index (χ1v) is 6.00. The zero-order chi connectivity index (χ0) is 13.7. The Labute approximate surface area is 108 Å². The van der Waals surface area contributed by atoms with Crippen molar-refractivity contribution in [3.05, 3.63) is 24.5 Å². The SMILES string of the molecule is CC(C)N(C(=O)OB(O)c1cccnc1)C(C)C. The number of carbonyl (C=O) groups is 1. The zero-order valence-electron chi connectivity index (χ0n) is 11.2. The number of pyridine rings is 1. The average molecular weight is 250 g/mol. The molecule has 18 heavy (non-hydrogen) atoms. The first-order valence-electron chi connectivity index (χ1n) is 6.00. The van der Waals surface area contributed by atoms with Gasteiger partial charge >= 0.3 is 13.2 Å². The van der Waals surface area contributed by atoms with Gasteiger partial charge in [-0.2, -0.15) is 0 Å². The quantitative estimate of drug-likeness (QED) is 0.810. The number of amides is 1. The molecule has 1 N–H and O–H groups in total.